The first-order valence-electron chi connectivity index (χ1n) is 7.78. The number of H-pyrrole nitrogens is 1. The van der Waals surface area contributed by atoms with Gasteiger partial charge in [-0.3, -0.25) is 14.5 Å². The third-order valence-corrected chi connectivity index (χ3v) is 3.55. The van der Waals surface area contributed by atoms with Gasteiger partial charge >= 0.3 is 6.18 Å². The Hall–Kier alpha value is -3.14. The molecule has 0 bridgehead atoms. The van der Waals surface area contributed by atoms with Gasteiger partial charge in [-0.25, -0.2) is 4.98 Å². The lowest BCUT2D eigenvalue weighted by atomic mass is 10.2. The number of aromatic amines is 1. The first-order valence-corrected chi connectivity index (χ1v) is 7.78. The van der Waals surface area contributed by atoms with Crippen LogP contribution in [0.25, 0.3) is 16.9 Å². The molecule has 10 heteroatoms. The predicted molar refractivity (Wildman–Crippen MR) is 89.7 cm³/mol. The van der Waals surface area contributed by atoms with E-state index in [4.69, 9.17) is 4.74 Å². The van der Waals surface area contributed by atoms with Crippen LogP contribution in [0, 0.1) is 0 Å². The van der Waals surface area contributed by atoms with Crippen LogP contribution in [0.2, 0.25) is 0 Å². The van der Waals surface area contributed by atoms with Gasteiger partial charge in [-0.15, -0.1) is 0 Å². The topological polar surface area (TPSA) is 82.0 Å². The zero-order valence-electron chi connectivity index (χ0n) is 14.2. The Balaban J connectivity index is 1.94. The SMILES string of the molecule is COCc1nc(-c2cn[nH]c2)cc(=O)n1-c1ccc(OCC(F)(F)F)cc1. The van der Waals surface area contributed by atoms with Gasteiger partial charge in [0.05, 0.1) is 17.6 Å². The van der Waals surface area contributed by atoms with E-state index in [2.05, 4.69) is 19.9 Å². The van der Waals surface area contributed by atoms with Gasteiger partial charge in [0.2, 0.25) is 0 Å². The monoisotopic (exact) mass is 380 g/mol. The van der Waals surface area contributed by atoms with Crippen molar-refractivity contribution in [2.45, 2.75) is 12.8 Å². The largest absolute Gasteiger partial charge is 0.484 e. The number of rotatable bonds is 6. The van der Waals surface area contributed by atoms with Gasteiger partial charge < -0.3 is 9.47 Å². The first-order chi connectivity index (χ1) is 12.9. The Morgan fingerprint density at radius 3 is 2.56 bits per heavy atom. The third-order valence-electron chi connectivity index (χ3n) is 3.55. The average molecular weight is 380 g/mol. The minimum absolute atomic E-state index is 0.0420. The Morgan fingerprint density at radius 1 is 1.22 bits per heavy atom. The number of methoxy groups -OCH3 is 1. The minimum Gasteiger partial charge on any atom is -0.484 e. The molecule has 0 atom stereocenters. The Bertz CT molecular complexity index is 951. The van der Waals surface area contributed by atoms with Crippen LogP contribution in [-0.2, 0) is 11.3 Å². The lowest BCUT2D eigenvalue weighted by Gasteiger charge is -2.14. The van der Waals surface area contributed by atoms with Crippen molar-refractivity contribution in [1.29, 1.82) is 0 Å². The minimum atomic E-state index is -4.42. The van der Waals surface area contributed by atoms with E-state index in [-0.39, 0.29) is 17.9 Å². The van der Waals surface area contributed by atoms with Crippen LogP contribution in [0.1, 0.15) is 5.82 Å². The fourth-order valence-corrected chi connectivity index (χ4v) is 2.43. The lowest BCUT2D eigenvalue weighted by Crippen LogP contribution is -2.24. The van der Waals surface area contributed by atoms with Gasteiger partial charge in [0.1, 0.15) is 18.2 Å². The van der Waals surface area contributed by atoms with Crippen molar-refractivity contribution < 1.29 is 22.6 Å². The van der Waals surface area contributed by atoms with Crippen LogP contribution in [0.3, 0.4) is 0 Å². The highest BCUT2D eigenvalue weighted by Gasteiger charge is 2.28. The molecule has 0 fully saturated rings. The second-order valence-corrected chi connectivity index (χ2v) is 5.55. The maximum Gasteiger partial charge on any atom is 0.422 e. The van der Waals surface area contributed by atoms with Crippen LogP contribution in [-0.4, -0.2) is 39.6 Å². The Kier molecular flexibility index (Phi) is 5.26. The third kappa shape index (κ3) is 4.53. The summed E-state index contributed by atoms with van der Waals surface area (Å²) in [5.41, 5.74) is 1.14. The normalized spacial score (nSPS) is 11.6. The maximum atomic E-state index is 12.6. The number of hydrogen-bond acceptors (Lipinski definition) is 5. The Morgan fingerprint density at radius 2 is 1.96 bits per heavy atom. The number of nitrogens with one attached hydrogen (secondary N) is 1. The molecule has 2 heterocycles. The zero-order chi connectivity index (χ0) is 19.4. The first kappa shape index (κ1) is 18.6. The van der Waals surface area contributed by atoms with Crippen molar-refractivity contribution in [2.24, 2.45) is 0 Å². The van der Waals surface area contributed by atoms with Gasteiger partial charge in [-0.2, -0.15) is 18.3 Å². The summed E-state index contributed by atoms with van der Waals surface area (Å²) in [4.78, 5) is 17.1. The van der Waals surface area contributed by atoms with E-state index in [9.17, 15) is 18.0 Å². The van der Waals surface area contributed by atoms with Crippen molar-refractivity contribution >= 4 is 0 Å². The molecule has 1 N–H and O–H groups in total. The number of ether oxygens (including phenoxy) is 2. The van der Waals surface area contributed by atoms with E-state index < -0.39 is 12.8 Å². The molecule has 1 aromatic carbocycles. The molecular formula is C17H15F3N4O3. The Labute approximate surface area is 151 Å². The summed E-state index contributed by atoms with van der Waals surface area (Å²) >= 11 is 0. The molecular weight excluding hydrogens is 365 g/mol. The number of nitrogens with zero attached hydrogens (tertiary/aromatic N) is 3. The number of benzene rings is 1. The van der Waals surface area contributed by atoms with Crippen molar-refractivity contribution in [3.05, 3.63) is 58.9 Å². The summed E-state index contributed by atoms with van der Waals surface area (Å²) in [7, 11) is 1.47. The molecule has 3 aromatic rings. The average Bonchev–Trinajstić information content (AvgIpc) is 3.15. The molecule has 7 nitrogen and oxygen atoms in total. The number of halogens is 3. The second-order valence-electron chi connectivity index (χ2n) is 5.55. The molecule has 0 saturated heterocycles. The summed E-state index contributed by atoms with van der Waals surface area (Å²) < 4.78 is 47.8. The van der Waals surface area contributed by atoms with Crippen LogP contribution in [0.5, 0.6) is 5.75 Å². The molecule has 2 aromatic heterocycles. The van der Waals surface area contributed by atoms with E-state index >= 15 is 0 Å². The smallest absolute Gasteiger partial charge is 0.422 e. The van der Waals surface area contributed by atoms with Crippen molar-refractivity contribution in [2.75, 3.05) is 13.7 Å². The highest BCUT2D eigenvalue weighted by Crippen LogP contribution is 2.21. The van der Waals surface area contributed by atoms with E-state index in [1.807, 2.05) is 0 Å². The summed E-state index contributed by atoms with van der Waals surface area (Å²) in [6.07, 6.45) is -1.28. The highest BCUT2D eigenvalue weighted by atomic mass is 19.4. The molecule has 0 unspecified atom stereocenters. The van der Waals surface area contributed by atoms with Crippen molar-refractivity contribution in [3.63, 3.8) is 0 Å². The quantitative estimate of drug-likeness (QED) is 0.711. The molecule has 0 aliphatic rings. The molecule has 0 spiro atoms. The summed E-state index contributed by atoms with van der Waals surface area (Å²) in [6.45, 7) is -1.32. The maximum absolute atomic E-state index is 12.6. The van der Waals surface area contributed by atoms with Crippen LogP contribution in [0.15, 0.2) is 47.5 Å². The van der Waals surface area contributed by atoms with Crippen molar-refractivity contribution in [1.82, 2.24) is 19.7 Å². The van der Waals surface area contributed by atoms with E-state index in [1.54, 1.807) is 6.20 Å². The number of hydrogen-bond donors (Lipinski definition) is 1. The molecule has 0 aliphatic heterocycles. The van der Waals surface area contributed by atoms with Gasteiger partial charge in [0, 0.05) is 24.9 Å². The van der Waals surface area contributed by atoms with E-state index in [1.165, 1.54) is 48.2 Å². The van der Waals surface area contributed by atoms with Crippen LogP contribution < -0.4 is 10.3 Å². The van der Waals surface area contributed by atoms with Gasteiger partial charge in [-0.1, -0.05) is 0 Å². The van der Waals surface area contributed by atoms with Gasteiger partial charge in [0.15, 0.2) is 6.61 Å². The molecule has 0 saturated carbocycles. The van der Waals surface area contributed by atoms with Crippen LogP contribution >= 0.6 is 0 Å². The zero-order valence-corrected chi connectivity index (χ0v) is 14.2. The molecule has 0 amide bonds. The fourth-order valence-electron chi connectivity index (χ4n) is 2.43. The van der Waals surface area contributed by atoms with Crippen molar-refractivity contribution in [3.8, 4) is 22.7 Å². The summed E-state index contributed by atoms with van der Waals surface area (Å²) in [5.74, 6) is 0.380. The summed E-state index contributed by atoms with van der Waals surface area (Å²) in [6, 6.07) is 7.01. The van der Waals surface area contributed by atoms with E-state index in [0.717, 1.165) is 0 Å². The van der Waals surface area contributed by atoms with Gasteiger partial charge in [0.25, 0.3) is 5.56 Å². The molecule has 0 radical (unpaired) electrons. The standard InChI is InChI=1S/C17H15F3N4O3/c1-26-9-15-23-14(11-7-21-22-8-11)6-16(25)24(15)12-2-4-13(5-3-12)27-10-17(18,19)20/h2-8H,9-10H2,1H3,(H,21,22). The number of alkyl halides is 3. The lowest BCUT2D eigenvalue weighted by molar-refractivity contribution is -0.153. The highest BCUT2D eigenvalue weighted by molar-refractivity contribution is 5.56. The number of aromatic nitrogens is 4. The molecule has 0 aliphatic carbocycles. The summed E-state index contributed by atoms with van der Waals surface area (Å²) in [5, 5.41) is 6.48. The van der Waals surface area contributed by atoms with E-state index in [0.29, 0.717) is 22.8 Å². The fraction of sp³-hybridized carbons (Fsp3) is 0.235. The predicted octanol–water partition coefficient (Wildman–Crippen LogP) is 2.71. The molecule has 142 valence electrons. The van der Waals surface area contributed by atoms with Crippen LogP contribution in [0.4, 0.5) is 13.2 Å². The van der Waals surface area contributed by atoms with Gasteiger partial charge in [-0.05, 0) is 24.3 Å². The second kappa shape index (κ2) is 7.62. The molecule has 3 rings (SSSR count). The molecule has 27 heavy (non-hydrogen) atoms.